The lowest BCUT2D eigenvalue weighted by atomic mass is 10.2. The molecule has 1 saturated heterocycles. The largest absolute Gasteiger partial charge is 0.310 e. The third-order valence-corrected chi connectivity index (χ3v) is 4.67. The van der Waals surface area contributed by atoms with Crippen LogP contribution in [0.4, 0.5) is 0 Å². The zero-order valence-corrected chi connectivity index (χ0v) is 14.6. The van der Waals surface area contributed by atoms with E-state index in [-0.39, 0.29) is 0 Å². The highest BCUT2D eigenvalue weighted by Gasteiger charge is 2.18. The first-order valence-electron chi connectivity index (χ1n) is 8.26. The van der Waals surface area contributed by atoms with Crippen molar-refractivity contribution in [3.8, 4) is 0 Å². The summed E-state index contributed by atoms with van der Waals surface area (Å²) in [6.45, 7) is 15.8. The van der Waals surface area contributed by atoms with E-state index in [1.54, 1.807) is 11.3 Å². The van der Waals surface area contributed by atoms with Crippen LogP contribution < -0.4 is 5.32 Å². The SMILES string of the molecule is CCCNCc1nc(CN2CCN(CC(C)C)CC2)cs1. The quantitative estimate of drug-likeness (QED) is 0.747. The molecule has 0 amide bonds. The summed E-state index contributed by atoms with van der Waals surface area (Å²) >= 11 is 1.79. The van der Waals surface area contributed by atoms with Crippen LogP contribution in [0, 0.1) is 5.92 Å². The maximum Gasteiger partial charge on any atom is 0.107 e. The molecule has 2 heterocycles. The molecule has 1 aromatic rings. The Labute approximate surface area is 133 Å². The van der Waals surface area contributed by atoms with Gasteiger partial charge in [0, 0.05) is 51.2 Å². The summed E-state index contributed by atoms with van der Waals surface area (Å²) < 4.78 is 0. The molecule has 0 aliphatic carbocycles. The van der Waals surface area contributed by atoms with E-state index in [2.05, 4.69) is 41.3 Å². The number of aromatic nitrogens is 1. The topological polar surface area (TPSA) is 31.4 Å². The van der Waals surface area contributed by atoms with Crippen molar-refractivity contribution in [1.82, 2.24) is 20.1 Å². The molecule has 21 heavy (non-hydrogen) atoms. The van der Waals surface area contributed by atoms with Gasteiger partial charge in [0.25, 0.3) is 0 Å². The molecule has 0 atom stereocenters. The van der Waals surface area contributed by atoms with Gasteiger partial charge < -0.3 is 10.2 Å². The van der Waals surface area contributed by atoms with Gasteiger partial charge in [0.1, 0.15) is 5.01 Å². The van der Waals surface area contributed by atoms with Gasteiger partial charge in [-0.1, -0.05) is 20.8 Å². The number of hydrogen-bond acceptors (Lipinski definition) is 5. The minimum atomic E-state index is 0.772. The van der Waals surface area contributed by atoms with Crippen LogP contribution in [0.15, 0.2) is 5.38 Å². The van der Waals surface area contributed by atoms with Gasteiger partial charge >= 0.3 is 0 Å². The summed E-state index contributed by atoms with van der Waals surface area (Å²) in [4.78, 5) is 9.87. The van der Waals surface area contributed by atoms with Gasteiger partial charge in [0.2, 0.25) is 0 Å². The predicted octanol–water partition coefficient (Wildman–Crippen LogP) is 2.42. The molecule has 1 aliphatic heterocycles. The second-order valence-electron chi connectivity index (χ2n) is 6.38. The van der Waals surface area contributed by atoms with E-state index in [1.807, 2.05) is 0 Å². The zero-order chi connectivity index (χ0) is 15.1. The molecule has 0 aromatic carbocycles. The third-order valence-electron chi connectivity index (χ3n) is 3.78. The van der Waals surface area contributed by atoms with Crippen LogP contribution in [0.25, 0.3) is 0 Å². The van der Waals surface area contributed by atoms with Crippen molar-refractivity contribution in [2.75, 3.05) is 39.3 Å². The van der Waals surface area contributed by atoms with E-state index in [0.717, 1.165) is 25.6 Å². The molecular weight excluding hydrogens is 280 g/mol. The maximum absolute atomic E-state index is 4.74. The number of nitrogens with one attached hydrogen (secondary N) is 1. The van der Waals surface area contributed by atoms with Crippen molar-refractivity contribution in [3.63, 3.8) is 0 Å². The Morgan fingerprint density at radius 1 is 1.24 bits per heavy atom. The van der Waals surface area contributed by atoms with Gasteiger partial charge in [-0.15, -0.1) is 11.3 Å². The highest BCUT2D eigenvalue weighted by atomic mass is 32.1. The Hall–Kier alpha value is -0.490. The summed E-state index contributed by atoms with van der Waals surface area (Å²) in [7, 11) is 0. The highest BCUT2D eigenvalue weighted by molar-refractivity contribution is 7.09. The van der Waals surface area contributed by atoms with Crippen molar-refractivity contribution in [2.24, 2.45) is 5.92 Å². The summed E-state index contributed by atoms with van der Waals surface area (Å²) in [5.41, 5.74) is 1.24. The molecule has 4 nitrogen and oxygen atoms in total. The monoisotopic (exact) mass is 310 g/mol. The Morgan fingerprint density at radius 3 is 2.62 bits per heavy atom. The molecule has 1 aromatic heterocycles. The molecule has 0 spiro atoms. The second kappa shape index (κ2) is 8.83. The molecule has 1 fully saturated rings. The van der Waals surface area contributed by atoms with Crippen molar-refractivity contribution >= 4 is 11.3 Å². The van der Waals surface area contributed by atoms with Gasteiger partial charge in [0.05, 0.1) is 5.69 Å². The summed E-state index contributed by atoms with van der Waals surface area (Å²) in [6.07, 6.45) is 1.18. The molecule has 0 saturated carbocycles. The van der Waals surface area contributed by atoms with E-state index >= 15 is 0 Å². The lowest BCUT2D eigenvalue weighted by Gasteiger charge is -2.35. The summed E-state index contributed by atoms with van der Waals surface area (Å²) in [6, 6.07) is 0. The van der Waals surface area contributed by atoms with Crippen molar-refractivity contribution in [3.05, 3.63) is 16.1 Å². The second-order valence-corrected chi connectivity index (χ2v) is 7.32. The zero-order valence-electron chi connectivity index (χ0n) is 13.8. The third kappa shape index (κ3) is 6.02. The van der Waals surface area contributed by atoms with Gasteiger partial charge in [-0.2, -0.15) is 0 Å². The summed E-state index contributed by atoms with van der Waals surface area (Å²) in [5, 5.41) is 6.86. The van der Waals surface area contributed by atoms with Crippen LogP contribution in [-0.2, 0) is 13.1 Å². The molecule has 0 unspecified atom stereocenters. The first kappa shape index (κ1) is 16.9. The van der Waals surface area contributed by atoms with Gasteiger partial charge in [-0.3, -0.25) is 4.90 Å². The van der Waals surface area contributed by atoms with Crippen LogP contribution in [0.2, 0.25) is 0 Å². The van der Waals surface area contributed by atoms with Crippen LogP contribution >= 0.6 is 11.3 Å². The Morgan fingerprint density at radius 2 is 1.95 bits per heavy atom. The minimum absolute atomic E-state index is 0.772. The van der Waals surface area contributed by atoms with Crippen LogP contribution in [0.5, 0.6) is 0 Å². The lowest BCUT2D eigenvalue weighted by molar-refractivity contribution is 0.116. The number of hydrogen-bond donors (Lipinski definition) is 1. The van der Waals surface area contributed by atoms with Gasteiger partial charge in [-0.05, 0) is 18.9 Å². The number of piperazine rings is 1. The predicted molar refractivity (Wildman–Crippen MR) is 90.7 cm³/mol. The Kier molecular flexibility index (Phi) is 7.10. The van der Waals surface area contributed by atoms with E-state index in [9.17, 15) is 0 Å². The Balaban J connectivity index is 1.71. The van der Waals surface area contributed by atoms with Crippen molar-refractivity contribution < 1.29 is 0 Å². The molecule has 120 valence electrons. The Bertz CT molecular complexity index is 397. The molecule has 5 heteroatoms. The van der Waals surface area contributed by atoms with Crippen LogP contribution in [0.3, 0.4) is 0 Å². The van der Waals surface area contributed by atoms with E-state index in [0.29, 0.717) is 0 Å². The maximum atomic E-state index is 4.74. The smallest absolute Gasteiger partial charge is 0.107 e. The standard InChI is InChI=1S/C16H30N4S/c1-4-5-17-10-16-18-15(13-21-16)12-20-8-6-19(7-9-20)11-14(2)3/h13-14,17H,4-12H2,1-3H3. The minimum Gasteiger partial charge on any atom is -0.310 e. The first-order chi connectivity index (χ1) is 10.2. The fraction of sp³-hybridized carbons (Fsp3) is 0.812. The van der Waals surface area contributed by atoms with E-state index in [4.69, 9.17) is 4.98 Å². The van der Waals surface area contributed by atoms with Crippen LogP contribution in [0.1, 0.15) is 37.9 Å². The number of nitrogens with zero attached hydrogens (tertiary/aromatic N) is 3. The number of rotatable bonds is 8. The fourth-order valence-corrected chi connectivity index (χ4v) is 3.50. The highest BCUT2D eigenvalue weighted by Crippen LogP contribution is 2.13. The normalized spacial score (nSPS) is 17.7. The van der Waals surface area contributed by atoms with E-state index < -0.39 is 0 Å². The van der Waals surface area contributed by atoms with Crippen molar-refractivity contribution in [2.45, 2.75) is 40.3 Å². The molecular formula is C16H30N4S. The number of thiazole rings is 1. The summed E-state index contributed by atoms with van der Waals surface area (Å²) in [5.74, 6) is 0.772. The lowest BCUT2D eigenvalue weighted by Crippen LogP contribution is -2.46. The van der Waals surface area contributed by atoms with Crippen LogP contribution in [-0.4, -0.2) is 54.1 Å². The average Bonchev–Trinajstić information content (AvgIpc) is 2.88. The molecule has 0 radical (unpaired) electrons. The molecule has 1 N–H and O–H groups in total. The van der Waals surface area contributed by atoms with Gasteiger partial charge in [0.15, 0.2) is 0 Å². The van der Waals surface area contributed by atoms with Crippen molar-refractivity contribution in [1.29, 1.82) is 0 Å². The average molecular weight is 311 g/mol. The van der Waals surface area contributed by atoms with E-state index in [1.165, 1.54) is 49.8 Å². The molecule has 0 bridgehead atoms. The molecule has 2 rings (SSSR count). The van der Waals surface area contributed by atoms with Gasteiger partial charge in [-0.25, -0.2) is 4.98 Å². The first-order valence-corrected chi connectivity index (χ1v) is 9.14. The fourth-order valence-electron chi connectivity index (χ4n) is 2.75. The molecule has 1 aliphatic rings.